The summed E-state index contributed by atoms with van der Waals surface area (Å²) in [5, 5.41) is 8.29. The monoisotopic (exact) mass is 361 g/mol. The van der Waals surface area contributed by atoms with E-state index in [0.29, 0.717) is 12.6 Å². The number of hydrogen-bond acceptors (Lipinski definition) is 3. The molecule has 0 aromatic carbocycles. The van der Waals surface area contributed by atoms with Gasteiger partial charge in [-0.1, -0.05) is 25.3 Å². The van der Waals surface area contributed by atoms with Crippen LogP contribution in [0.5, 0.6) is 0 Å². The SMILES string of the molecule is O=C(NCc1cccs1)[C@@H]1C[C@]12CCN(C(=O)NC1CCCCC1)C2. The lowest BCUT2D eigenvalue weighted by molar-refractivity contribution is -0.123. The summed E-state index contributed by atoms with van der Waals surface area (Å²) in [6.07, 6.45) is 7.85. The largest absolute Gasteiger partial charge is 0.351 e. The Kier molecular flexibility index (Phi) is 4.71. The summed E-state index contributed by atoms with van der Waals surface area (Å²) < 4.78 is 0. The minimum Gasteiger partial charge on any atom is -0.351 e. The molecule has 2 N–H and O–H groups in total. The van der Waals surface area contributed by atoms with Gasteiger partial charge in [-0.25, -0.2) is 4.79 Å². The van der Waals surface area contributed by atoms with Crippen molar-refractivity contribution in [2.24, 2.45) is 11.3 Å². The highest BCUT2D eigenvalue weighted by atomic mass is 32.1. The van der Waals surface area contributed by atoms with Crippen molar-refractivity contribution in [2.75, 3.05) is 13.1 Å². The molecule has 2 saturated carbocycles. The minimum atomic E-state index is 0.0451. The van der Waals surface area contributed by atoms with Gasteiger partial charge in [0.15, 0.2) is 0 Å². The summed E-state index contributed by atoms with van der Waals surface area (Å²) in [4.78, 5) is 28.0. The van der Waals surface area contributed by atoms with Gasteiger partial charge in [-0.3, -0.25) is 4.79 Å². The zero-order valence-electron chi connectivity index (χ0n) is 14.6. The molecule has 25 heavy (non-hydrogen) atoms. The maximum absolute atomic E-state index is 12.5. The van der Waals surface area contributed by atoms with Crippen LogP contribution in [-0.4, -0.2) is 36.0 Å². The number of carbonyl (C=O) groups is 2. The molecule has 1 aromatic rings. The molecule has 2 heterocycles. The van der Waals surface area contributed by atoms with Crippen LogP contribution in [0, 0.1) is 11.3 Å². The van der Waals surface area contributed by atoms with E-state index in [0.717, 1.165) is 38.8 Å². The fourth-order valence-electron chi connectivity index (χ4n) is 4.46. The number of amides is 3. The van der Waals surface area contributed by atoms with Gasteiger partial charge in [-0.15, -0.1) is 11.3 Å². The van der Waals surface area contributed by atoms with Crippen LogP contribution in [0.25, 0.3) is 0 Å². The van der Waals surface area contributed by atoms with Crippen molar-refractivity contribution in [3.8, 4) is 0 Å². The summed E-state index contributed by atoms with van der Waals surface area (Å²) in [7, 11) is 0. The Morgan fingerprint density at radius 2 is 2.12 bits per heavy atom. The minimum absolute atomic E-state index is 0.0451. The number of thiophene rings is 1. The molecule has 1 spiro atoms. The number of nitrogens with zero attached hydrogens (tertiary/aromatic N) is 1. The molecule has 2 atom stereocenters. The zero-order chi connectivity index (χ0) is 17.3. The smallest absolute Gasteiger partial charge is 0.317 e. The number of urea groups is 1. The van der Waals surface area contributed by atoms with Crippen molar-refractivity contribution in [3.63, 3.8) is 0 Å². The van der Waals surface area contributed by atoms with E-state index in [9.17, 15) is 9.59 Å². The highest BCUT2D eigenvalue weighted by Crippen LogP contribution is 2.58. The van der Waals surface area contributed by atoms with Gasteiger partial charge in [0, 0.05) is 35.3 Å². The fraction of sp³-hybridized carbons (Fsp3) is 0.684. The van der Waals surface area contributed by atoms with Crippen LogP contribution in [0.3, 0.4) is 0 Å². The second-order valence-electron chi connectivity index (χ2n) is 7.87. The van der Waals surface area contributed by atoms with Gasteiger partial charge in [-0.05, 0) is 37.1 Å². The highest BCUT2D eigenvalue weighted by Gasteiger charge is 2.61. The Morgan fingerprint density at radius 1 is 1.28 bits per heavy atom. The van der Waals surface area contributed by atoms with Crippen molar-refractivity contribution < 1.29 is 9.59 Å². The Bertz CT molecular complexity index is 627. The van der Waals surface area contributed by atoms with E-state index in [4.69, 9.17) is 0 Å². The van der Waals surface area contributed by atoms with Crippen molar-refractivity contribution in [3.05, 3.63) is 22.4 Å². The van der Waals surface area contributed by atoms with E-state index in [-0.39, 0.29) is 23.3 Å². The molecule has 6 heteroatoms. The summed E-state index contributed by atoms with van der Waals surface area (Å²) in [5.41, 5.74) is 0.0451. The van der Waals surface area contributed by atoms with Crippen molar-refractivity contribution in [1.82, 2.24) is 15.5 Å². The molecule has 0 bridgehead atoms. The molecule has 136 valence electrons. The van der Waals surface area contributed by atoms with Gasteiger partial charge in [-0.2, -0.15) is 0 Å². The lowest BCUT2D eigenvalue weighted by Crippen LogP contribution is -2.44. The predicted octanol–water partition coefficient (Wildman–Crippen LogP) is 3.12. The molecule has 5 nitrogen and oxygen atoms in total. The van der Waals surface area contributed by atoms with Gasteiger partial charge in [0.05, 0.1) is 6.54 Å². The number of carbonyl (C=O) groups excluding carboxylic acids is 2. The molecule has 4 rings (SSSR count). The first-order chi connectivity index (χ1) is 12.2. The standard InChI is InChI=1S/C19H27N3O2S/c23-17(20-12-15-7-4-10-25-15)16-11-19(16)8-9-22(13-19)18(24)21-14-5-2-1-3-6-14/h4,7,10,14,16H,1-3,5-6,8-9,11-13H2,(H,20,23)(H,21,24)/t16-,19-/m0/s1. The topological polar surface area (TPSA) is 61.4 Å². The van der Waals surface area contributed by atoms with Crippen LogP contribution in [0.2, 0.25) is 0 Å². The molecule has 2 aliphatic carbocycles. The maximum Gasteiger partial charge on any atom is 0.317 e. The molecule has 1 aromatic heterocycles. The number of rotatable bonds is 4. The number of nitrogens with one attached hydrogen (secondary N) is 2. The molecule has 0 unspecified atom stereocenters. The Hall–Kier alpha value is -1.56. The van der Waals surface area contributed by atoms with E-state index in [2.05, 4.69) is 10.6 Å². The first-order valence-corrected chi connectivity index (χ1v) is 10.4. The summed E-state index contributed by atoms with van der Waals surface area (Å²) in [5.74, 6) is 0.239. The molecular weight excluding hydrogens is 334 g/mol. The van der Waals surface area contributed by atoms with Crippen LogP contribution in [-0.2, 0) is 11.3 Å². The van der Waals surface area contributed by atoms with E-state index in [1.807, 2.05) is 22.4 Å². The van der Waals surface area contributed by atoms with Gasteiger partial charge >= 0.3 is 6.03 Å². The molecule has 3 amide bonds. The van der Waals surface area contributed by atoms with Crippen LogP contribution >= 0.6 is 11.3 Å². The molecule has 3 fully saturated rings. The van der Waals surface area contributed by atoms with E-state index in [1.165, 1.54) is 24.1 Å². The molecule has 1 aliphatic heterocycles. The van der Waals surface area contributed by atoms with Crippen molar-refractivity contribution in [2.45, 2.75) is 57.5 Å². The molecule has 3 aliphatic rings. The zero-order valence-corrected chi connectivity index (χ0v) is 15.4. The average Bonchev–Trinajstić information content (AvgIpc) is 2.97. The Morgan fingerprint density at radius 3 is 2.88 bits per heavy atom. The predicted molar refractivity (Wildman–Crippen MR) is 98.3 cm³/mol. The van der Waals surface area contributed by atoms with E-state index in [1.54, 1.807) is 11.3 Å². The van der Waals surface area contributed by atoms with Gasteiger partial charge in [0.25, 0.3) is 0 Å². The molecule has 1 saturated heterocycles. The first kappa shape index (κ1) is 16.9. The number of likely N-dealkylation sites (tertiary alicyclic amines) is 1. The third kappa shape index (κ3) is 3.68. The third-order valence-corrected chi connectivity index (χ3v) is 7.00. The summed E-state index contributed by atoms with van der Waals surface area (Å²) in [6, 6.07) is 4.47. The van der Waals surface area contributed by atoms with Crippen LogP contribution in [0.4, 0.5) is 4.79 Å². The maximum atomic E-state index is 12.5. The third-order valence-electron chi connectivity index (χ3n) is 6.13. The first-order valence-electron chi connectivity index (χ1n) is 9.52. The highest BCUT2D eigenvalue weighted by molar-refractivity contribution is 7.09. The normalized spacial score (nSPS) is 29.0. The van der Waals surface area contributed by atoms with Gasteiger partial charge in [0.1, 0.15) is 0 Å². The summed E-state index contributed by atoms with van der Waals surface area (Å²) in [6.45, 7) is 2.14. The average molecular weight is 362 g/mol. The number of hydrogen-bond donors (Lipinski definition) is 2. The van der Waals surface area contributed by atoms with E-state index < -0.39 is 0 Å². The lowest BCUT2D eigenvalue weighted by atomic mass is 9.96. The molecular formula is C19H27N3O2S. The van der Waals surface area contributed by atoms with Crippen molar-refractivity contribution in [1.29, 1.82) is 0 Å². The van der Waals surface area contributed by atoms with Gasteiger partial charge < -0.3 is 15.5 Å². The van der Waals surface area contributed by atoms with Crippen molar-refractivity contribution >= 4 is 23.3 Å². The van der Waals surface area contributed by atoms with Gasteiger partial charge in [0.2, 0.25) is 5.91 Å². The Balaban J connectivity index is 1.24. The van der Waals surface area contributed by atoms with Crippen LogP contribution in [0.15, 0.2) is 17.5 Å². The van der Waals surface area contributed by atoms with E-state index >= 15 is 0 Å². The summed E-state index contributed by atoms with van der Waals surface area (Å²) >= 11 is 1.67. The quantitative estimate of drug-likeness (QED) is 0.865. The van der Waals surface area contributed by atoms with Crippen LogP contribution in [0.1, 0.15) is 49.8 Å². The fourth-order valence-corrected chi connectivity index (χ4v) is 5.11. The molecule has 0 radical (unpaired) electrons. The Labute approximate surface area is 153 Å². The lowest BCUT2D eigenvalue weighted by Gasteiger charge is -2.26. The second kappa shape index (κ2) is 6.98. The second-order valence-corrected chi connectivity index (χ2v) is 8.90. The van der Waals surface area contributed by atoms with Crippen LogP contribution < -0.4 is 10.6 Å².